The number of carbonyl (C=O) groups excluding carboxylic acids is 1. The molecule has 0 saturated heterocycles. The molecule has 0 amide bonds. The third-order valence-corrected chi connectivity index (χ3v) is 3.67. The molecule has 1 aromatic heterocycles. The van der Waals surface area contributed by atoms with Crippen LogP contribution in [0.5, 0.6) is 0 Å². The molecule has 6 nitrogen and oxygen atoms in total. The summed E-state index contributed by atoms with van der Waals surface area (Å²) in [6.45, 7) is 3.22. The first-order valence-electron chi connectivity index (χ1n) is 6.92. The normalized spacial score (nSPS) is 13.1. The number of rotatable bonds is 3. The zero-order valence-corrected chi connectivity index (χ0v) is 12.7. The maximum absolute atomic E-state index is 12.1. The minimum absolute atomic E-state index is 0.0384. The summed E-state index contributed by atoms with van der Waals surface area (Å²) in [6, 6.07) is 7.29. The summed E-state index contributed by atoms with van der Waals surface area (Å²) in [5.74, 6) is -0.124. The molecule has 22 heavy (non-hydrogen) atoms. The van der Waals surface area contributed by atoms with E-state index in [4.69, 9.17) is 16.3 Å². The van der Waals surface area contributed by atoms with Crippen molar-refractivity contribution in [3.8, 4) is 0 Å². The molecule has 0 spiro atoms. The van der Waals surface area contributed by atoms with Gasteiger partial charge < -0.3 is 14.2 Å². The van der Waals surface area contributed by atoms with Crippen LogP contribution in [0.2, 0.25) is 5.02 Å². The number of anilines is 2. The molecule has 114 valence electrons. The van der Waals surface area contributed by atoms with Gasteiger partial charge in [-0.1, -0.05) is 11.6 Å². The van der Waals surface area contributed by atoms with E-state index in [0.717, 1.165) is 5.69 Å². The summed E-state index contributed by atoms with van der Waals surface area (Å²) in [6.07, 6.45) is 1.51. The monoisotopic (exact) mass is 319 g/mol. The number of ether oxygens (including phenoxy) is 1. The molecular weight excluding hydrogens is 306 g/mol. The largest absolute Gasteiger partial charge is 0.462 e. The number of fused-ring (bicyclic) bond motifs is 1. The molecule has 0 N–H and O–H groups in total. The molecule has 2 aromatic rings. The summed E-state index contributed by atoms with van der Waals surface area (Å²) in [5.41, 5.74) is 0.278. The van der Waals surface area contributed by atoms with Crippen molar-refractivity contribution in [2.75, 3.05) is 18.1 Å². The average Bonchev–Trinajstić information content (AvgIpc) is 2.90. The first kappa shape index (κ1) is 14.6. The van der Waals surface area contributed by atoms with E-state index >= 15 is 0 Å². The second-order valence-electron chi connectivity index (χ2n) is 4.80. The van der Waals surface area contributed by atoms with Crippen LogP contribution in [-0.4, -0.2) is 28.7 Å². The SMILES string of the molecule is CCOC(=O)c1cn2c(nc1=O)N(c1ccc(Cl)cc1)CC2. The van der Waals surface area contributed by atoms with Crippen molar-refractivity contribution in [3.63, 3.8) is 0 Å². The van der Waals surface area contributed by atoms with Gasteiger partial charge in [0.2, 0.25) is 5.95 Å². The van der Waals surface area contributed by atoms with Crippen LogP contribution in [0.25, 0.3) is 0 Å². The van der Waals surface area contributed by atoms with Crippen molar-refractivity contribution in [3.05, 3.63) is 51.4 Å². The molecule has 0 bridgehead atoms. The molecule has 7 heteroatoms. The number of aromatic nitrogens is 2. The van der Waals surface area contributed by atoms with Crippen LogP contribution in [0.4, 0.5) is 11.6 Å². The highest BCUT2D eigenvalue weighted by Gasteiger charge is 2.25. The van der Waals surface area contributed by atoms with Gasteiger partial charge in [-0.2, -0.15) is 4.98 Å². The maximum Gasteiger partial charge on any atom is 0.345 e. The van der Waals surface area contributed by atoms with Crippen LogP contribution in [0.15, 0.2) is 35.3 Å². The summed E-state index contributed by atoms with van der Waals surface area (Å²) in [5, 5.41) is 0.644. The molecular formula is C15H14ClN3O3. The molecule has 0 fully saturated rings. The number of halogens is 1. The fraction of sp³-hybridized carbons (Fsp3) is 0.267. The Kier molecular flexibility index (Phi) is 3.85. The number of hydrogen-bond acceptors (Lipinski definition) is 5. The average molecular weight is 320 g/mol. The lowest BCUT2D eigenvalue weighted by Crippen LogP contribution is -2.24. The molecule has 0 unspecified atom stereocenters. The number of benzene rings is 1. The fourth-order valence-corrected chi connectivity index (χ4v) is 2.51. The summed E-state index contributed by atoms with van der Waals surface area (Å²) in [7, 11) is 0. The van der Waals surface area contributed by atoms with E-state index < -0.39 is 11.5 Å². The minimum Gasteiger partial charge on any atom is -0.462 e. The molecule has 0 saturated carbocycles. The van der Waals surface area contributed by atoms with E-state index in [9.17, 15) is 9.59 Å². The minimum atomic E-state index is -0.639. The van der Waals surface area contributed by atoms with Crippen LogP contribution in [0.1, 0.15) is 17.3 Å². The lowest BCUT2D eigenvalue weighted by Gasteiger charge is -2.17. The van der Waals surface area contributed by atoms with Gasteiger partial charge in [0.15, 0.2) is 0 Å². The van der Waals surface area contributed by atoms with E-state index in [0.29, 0.717) is 24.1 Å². The molecule has 3 rings (SSSR count). The van der Waals surface area contributed by atoms with Gasteiger partial charge in [0, 0.05) is 30.0 Å². The van der Waals surface area contributed by atoms with E-state index in [1.807, 2.05) is 17.0 Å². The Balaban J connectivity index is 1.98. The summed E-state index contributed by atoms with van der Waals surface area (Å²) in [4.78, 5) is 29.7. The fourth-order valence-electron chi connectivity index (χ4n) is 2.39. The lowest BCUT2D eigenvalue weighted by atomic mass is 10.3. The molecule has 2 heterocycles. The predicted octanol–water partition coefficient (Wildman–Crippen LogP) is 2.23. The first-order valence-corrected chi connectivity index (χ1v) is 7.29. The van der Waals surface area contributed by atoms with Crippen molar-refractivity contribution < 1.29 is 9.53 Å². The van der Waals surface area contributed by atoms with Gasteiger partial charge in [-0.15, -0.1) is 0 Å². The standard InChI is InChI=1S/C15H14ClN3O3/c1-2-22-14(21)12-9-18-7-8-19(15(18)17-13(12)20)11-5-3-10(16)4-6-11/h3-6,9H,2,7-8H2,1H3. The van der Waals surface area contributed by atoms with Crippen LogP contribution in [-0.2, 0) is 11.3 Å². The van der Waals surface area contributed by atoms with Crippen LogP contribution in [0, 0.1) is 0 Å². The Hall–Kier alpha value is -2.34. The topological polar surface area (TPSA) is 64.4 Å². The van der Waals surface area contributed by atoms with Gasteiger partial charge in [-0.25, -0.2) is 4.79 Å². The van der Waals surface area contributed by atoms with Crippen molar-refractivity contribution in [1.29, 1.82) is 0 Å². The predicted molar refractivity (Wildman–Crippen MR) is 82.9 cm³/mol. The Morgan fingerprint density at radius 2 is 2.05 bits per heavy atom. The van der Waals surface area contributed by atoms with Gasteiger partial charge >= 0.3 is 5.97 Å². The maximum atomic E-state index is 12.1. The van der Waals surface area contributed by atoms with Gasteiger partial charge in [-0.05, 0) is 31.2 Å². The van der Waals surface area contributed by atoms with E-state index in [1.54, 1.807) is 23.6 Å². The highest BCUT2D eigenvalue weighted by Crippen LogP contribution is 2.28. The second kappa shape index (κ2) is 5.81. The molecule has 1 aromatic carbocycles. The second-order valence-corrected chi connectivity index (χ2v) is 5.24. The zero-order valence-electron chi connectivity index (χ0n) is 12.0. The molecule has 1 aliphatic rings. The van der Waals surface area contributed by atoms with E-state index in [1.165, 1.54) is 6.20 Å². The van der Waals surface area contributed by atoms with Crippen molar-refractivity contribution in [2.45, 2.75) is 13.5 Å². The highest BCUT2D eigenvalue weighted by atomic mass is 35.5. The van der Waals surface area contributed by atoms with Crippen molar-refractivity contribution in [2.24, 2.45) is 0 Å². The Morgan fingerprint density at radius 1 is 1.32 bits per heavy atom. The molecule has 1 aliphatic heterocycles. The number of carbonyl (C=O) groups is 1. The van der Waals surface area contributed by atoms with Crippen molar-refractivity contribution in [1.82, 2.24) is 9.55 Å². The van der Waals surface area contributed by atoms with E-state index in [2.05, 4.69) is 4.98 Å². The third kappa shape index (κ3) is 2.57. The van der Waals surface area contributed by atoms with Crippen LogP contribution in [0.3, 0.4) is 0 Å². The van der Waals surface area contributed by atoms with Gasteiger partial charge in [0.1, 0.15) is 5.56 Å². The zero-order chi connectivity index (χ0) is 15.7. The number of nitrogens with zero attached hydrogens (tertiary/aromatic N) is 3. The quantitative estimate of drug-likeness (QED) is 0.812. The molecule has 0 aliphatic carbocycles. The molecule has 0 radical (unpaired) electrons. The summed E-state index contributed by atoms with van der Waals surface area (Å²) < 4.78 is 6.65. The Morgan fingerprint density at radius 3 is 2.73 bits per heavy atom. The Bertz CT molecular complexity index is 771. The summed E-state index contributed by atoms with van der Waals surface area (Å²) >= 11 is 5.89. The Labute approximate surface area is 131 Å². The van der Waals surface area contributed by atoms with Gasteiger partial charge in [0.05, 0.1) is 6.61 Å². The lowest BCUT2D eigenvalue weighted by molar-refractivity contribution is 0.0523. The van der Waals surface area contributed by atoms with Crippen LogP contribution < -0.4 is 10.5 Å². The number of hydrogen-bond donors (Lipinski definition) is 0. The van der Waals surface area contributed by atoms with Crippen LogP contribution >= 0.6 is 11.6 Å². The van der Waals surface area contributed by atoms with Crippen molar-refractivity contribution >= 4 is 29.2 Å². The van der Waals surface area contributed by atoms with Gasteiger partial charge in [-0.3, -0.25) is 4.79 Å². The highest BCUT2D eigenvalue weighted by molar-refractivity contribution is 6.30. The molecule has 0 atom stereocenters. The first-order chi connectivity index (χ1) is 10.6. The third-order valence-electron chi connectivity index (χ3n) is 3.41. The number of esters is 1. The smallest absolute Gasteiger partial charge is 0.345 e. The van der Waals surface area contributed by atoms with E-state index in [-0.39, 0.29) is 12.2 Å². The van der Waals surface area contributed by atoms with Gasteiger partial charge in [0.25, 0.3) is 5.56 Å².